The SMILES string of the molecule is OC[C@H]1O[C@@H](Oc2cccc3occ(CCc4ccccc4)c23)[C@H](O)[C@@H](O)[C@H]1O. The van der Waals surface area contributed by atoms with Crippen LogP contribution in [0.5, 0.6) is 5.75 Å². The third kappa shape index (κ3) is 4.01. The van der Waals surface area contributed by atoms with E-state index in [1.165, 1.54) is 5.56 Å². The van der Waals surface area contributed by atoms with Gasteiger partial charge in [0.25, 0.3) is 0 Å². The molecule has 1 aliphatic rings. The maximum Gasteiger partial charge on any atom is 0.229 e. The first-order valence-electron chi connectivity index (χ1n) is 9.58. The summed E-state index contributed by atoms with van der Waals surface area (Å²) in [5.74, 6) is 0.434. The number of benzene rings is 2. The molecule has 154 valence electrons. The minimum atomic E-state index is -1.49. The van der Waals surface area contributed by atoms with E-state index in [1.807, 2.05) is 24.3 Å². The number of ether oxygens (including phenoxy) is 2. The maximum absolute atomic E-state index is 10.3. The van der Waals surface area contributed by atoms with E-state index < -0.39 is 37.3 Å². The number of furan rings is 1. The van der Waals surface area contributed by atoms with Crippen molar-refractivity contribution < 1.29 is 34.3 Å². The van der Waals surface area contributed by atoms with E-state index in [2.05, 4.69) is 12.1 Å². The Hall–Kier alpha value is -2.42. The molecule has 0 saturated carbocycles. The Balaban J connectivity index is 1.58. The molecule has 1 aromatic heterocycles. The molecule has 7 nitrogen and oxygen atoms in total. The molecular formula is C22H24O7. The van der Waals surface area contributed by atoms with Gasteiger partial charge in [-0.1, -0.05) is 36.4 Å². The van der Waals surface area contributed by atoms with Gasteiger partial charge in [0.1, 0.15) is 35.7 Å². The Morgan fingerprint density at radius 3 is 2.41 bits per heavy atom. The average molecular weight is 400 g/mol. The van der Waals surface area contributed by atoms with Crippen molar-refractivity contribution in [2.24, 2.45) is 0 Å². The topological polar surface area (TPSA) is 113 Å². The van der Waals surface area contributed by atoms with Crippen molar-refractivity contribution in [2.45, 2.75) is 43.5 Å². The van der Waals surface area contributed by atoms with Gasteiger partial charge >= 0.3 is 0 Å². The molecule has 1 saturated heterocycles. The van der Waals surface area contributed by atoms with Crippen molar-refractivity contribution in [3.8, 4) is 5.75 Å². The Bertz CT molecular complexity index is 937. The molecule has 1 fully saturated rings. The largest absolute Gasteiger partial charge is 0.464 e. The molecule has 0 unspecified atom stereocenters. The normalized spacial score (nSPS) is 27.2. The molecule has 7 heteroatoms. The number of rotatable bonds is 6. The molecule has 2 aromatic carbocycles. The molecule has 1 aliphatic heterocycles. The lowest BCUT2D eigenvalue weighted by Gasteiger charge is -2.39. The Morgan fingerprint density at radius 2 is 1.66 bits per heavy atom. The van der Waals surface area contributed by atoms with Gasteiger partial charge in [0.2, 0.25) is 6.29 Å². The van der Waals surface area contributed by atoms with Crippen LogP contribution < -0.4 is 4.74 Å². The molecule has 5 atom stereocenters. The van der Waals surface area contributed by atoms with E-state index in [4.69, 9.17) is 13.9 Å². The fourth-order valence-electron chi connectivity index (χ4n) is 3.61. The second kappa shape index (κ2) is 8.52. The van der Waals surface area contributed by atoms with Gasteiger partial charge in [0.15, 0.2) is 0 Å². The molecular weight excluding hydrogens is 376 g/mol. The van der Waals surface area contributed by atoms with Crippen LogP contribution in [-0.4, -0.2) is 57.7 Å². The summed E-state index contributed by atoms with van der Waals surface area (Å²) in [5.41, 5.74) is 2.79. The minimum absolute atomic E-state index is 0.434. The molecule has 0 spiro atoms. The fourth-order valence-corrected chi connectivity index (χ4v) is 3.61. The number of aliphatic hydroxyl groups excluding tert-OH is 4. The maximum atomic E-state index is 10.3. The summed E-state index contributed by atoms with van der Waals surface area (Å²) in [4.78, 5) is 0. The van der Waals surface area contributed by atoms with Gasteiger partial charge in [-0.15, -0.1) is 0 Å². The third-order valence-corrected chi connectivity index (χ3v) is 5.25. The first-order chi connectivity index (χ1) is 14.1. The number of hydrogen-bond donors (Lipinski definition) is 4. The lowest BCUT2D eigenvalue weighted by atomic mass is 9.99. The van der Waals surface area contributed by atoms with Crippen LogP contribution in [0.1, 0.15) is 11.1 Å². The summed E-state index contributed by atoms with van der Waals surface area (Å²) in [7, 11) is 0. The molecule has 0 aliphatic carbocycles. The smallest absolute Gasteiger partial charge is 0.229 e. The van der Waals surface area contributed by atoms with Crippen LogP contribution in [-0.2, 0) is 17.6 Å². The zero-order chi connectivity index (χ0) is 20.4. The summed E-state index contributed by atoms with van der Waals surface area (Å²) >= 11 is 0. The Kier molecular flexibility index (Phi) is 5.84. The van der Waals surface area contributed by atoms with Crippen molar-refractivity contribution in [3.63, 3.8) is 0 Å². The van der Waals surface area contributed by atoms with E-state index >= 15 is 0 Å². The minimum Gasteiger partial charge on any atom is -0.464 e. The number of aliphatic hydroxyl groups is 4. The van der Waals surface area contributed by atoms with Crippen molar-refractivity contribution in [1.29, 1.82) is 0 Å². The Morgan fingerprint density at radius 1 is 0.862 bits per heavy atom. The monoisotopic (exact) mass is 400 g/mol. The van der Waals surface area contributed by atoms with Crippen LogP contribution >= 0.6 is 0 Å². The van der Waals surface area contributed by atoms with Gasteiger partial charge in [-0.2, -0.15) is 0 Å². The van der Waals surface area contributed by atoms with E-state index in [-0.39, 0.29) is 0 Å². The second-order valence-electron chi connectivity index (χ2n) is 7.19. The first kappa shape index (κ1) is 19.9. The molecule has 0 bridgehead atoms. The van der Waals surface area contributed by atoms with Crippen molar-refractivity contribution in [1.82, 2.24) is 0 Å². The van der Waals surface area contributed by atoms with Crippen LogP contribution in [0.2, 0.25) is 0 Å². The van der Waals surface area contributed by atoms with Crippen LogP contribution in [0.4, 0.5) is 0 Å². The predicted molar refractivity (Wildman–Crippen MR) is 104 cm³/mol. The fraction of sp³-hybridized carbons (Fsp3) is 0.364. The van der Waals surface area contributed by atoms with Crippen LogP contribution in [0, 0.1) is 0 Å². The number of fused-ring (bicyclic) bond motifs is 1. The summed E-state index contributed by atoms with van der Waals surface area (Å²) in [6, 6.07) is 15.4. The lowest BCUT2D eigenvalue weighted by molar-refractivity contribution is -0.277. The zero-order valence-corrected chi connectivity index (χ0v) is 15.7. The molecule has 4 N–H and O–H groups in total. The van der Waals surface area contributed by atoms with Gasteiger partial charge in [0.05, 0.1) is 18.3 Å². The third-order valence-electron chi connectivity index (χ3n) is 5.25. The predicted octanol–water partition coefficient (Wildman–Crippen LogP) is 1.40. The van der Waals surface area contributed by atoms with Gasteiger partial charge in [-0.05, 0) is 30.5 Å². The van der Waals surface area contributed by atoms with Crippen LogP contribution in [0.3, 0.4) is 0 Å². The van der Waals surface area contributed by atoms with Gasteiger partial charge in [0, 0.05) is 5.56 Å². The Labute approximate surface area is 167 Å². The van der Waals surface area contributed by atoms with Crippen LogP contribution in [0.15, 0.2) is 59.2 Å². The average Bonchev–Trinajstić information content (AvgIpc) is 3.17. The highest BCUT2D eigenvalue weighted by molar-refractivity contribution is 5.87. The quantitative estimate of drug-likeness (QED) is 0.495. The molecule has 0 amide bonds. The van der Waals surface area contributed by atoms with Crippen molar-refractivity contribution >= 4 is 11.0 Å². The summed E-state index contributed by atoms with van der Waals surface area (Å²) in [5, 5.41) is 40.3. The highest BCUT2D eigenvalue weighted by Crippen LogP contribution is 2.34. The second-order valence-corrected chi connectivity index (χ2v) is 7.19. The standard InChI is InChI=1S/C22H24O7/c23-11-17-19(24)20(25)21(26)22(29-17)28-16-8-4-7-15-18(16)14(12-27-15)10-9-13-5-2-1-3-6-13/h1-8,12,17,19-26H,9-11H2/t17-,19+,20+,21-,22-/m1/s1. The number of hydrogen-bond acceptors (Lipinski definition) is 7. The molecule has 0 radical (unpaired) electrons. The van der Waals surface area contributed by atoms with E-state index in [0.717, 1.165) is 23.8 Å². The molecule has 2 heterocycles. The first-order valence-corrected chi connectivity index (χ1v) is 9.58. The summed E-state index contributed by atoms with van der Waals surface area (Å²) in [6.45, 7) is -0.511. The molecule has 4 rings (SSSR count). The van der Waals surface area contributed by atoms with Gasteiger partial charge < -0.3 is 34.3 Å². The molecule has 3 aromatic rings. The lowest BCUT2D eigenvalue weighted by Crippen LogP contribution is -2.60. The van der Waals surface area contributed by atoms with Crippen LogP contribution in [0.25, 0.3) is 11.0 Å². The summed E-state index contributed by atoms with van der Waals surface area (Å²) < 4.78 is 17.0. The number of aryl methyl sites for hydroxylation is 2. The van der Waals surface area contributed by atoms with Gasteiger partial charge in [-0.25, -0.2) is 0 Å². The van der Waals surface area contributed by atoms with E-state index in [1.54, 1.807) is 18.4 Å². The van der Waals surface area contributed by atoms with E-state index in [9.17, 15) is 20.4 Å². The van der Waals surface area contributed by atoms with Crippen molar-refractivity contribution in [2.75, 3.05) is 6.61 Å². The summed E-state index contributed by atoms with van der Waals surface area (Å²) in [6.07, 6.45) is -3.42. The highest BCUT2D eigenvalue weighted by atomic mass is 16.7. The van der Waals surface area contributed by atoms with E-state index in [0.29, 0.717) is 11.3 Å². The highest BCUT2D eigenvalue weighted by Gasteiger charge is 2.44. The zero-order valence-electron chi connectivity index (χ0n) is 15.7. The molecule has 29 heavy (non-hydrogen) atoms. The van der Waals surface area contributed by atoms with Gasteiger partial charge in [-0.3, -0.25) is 0 Å². The van der Waals surface area contributed by atoms with Crippen molar-refractivity contribution in [3.05, 3.63) is 65.9 Å².